The Bertz CT molecular complexity index is 626. The van der Waals surface area contributed by atoms with Gasteiger partial charge in [-0.2, -0.15) is 0 Å². The zero-order valence-electron chi connectivity index (χ0n) is 11.1. The van der Waals surface area contributed by atoms with Crippen molar-refractivity contribution in [1.29, 1.82) is 0 Å². The summed E-state index contributed by atoms with van der Waals surface area (Å²) >= 11 is 0. The van der Waals surface area contributed by atoms with Crippen molar-refractivity contribution in [1.82, 2.24) is 0 Å². The molecule has 19 heavy (non-hydrogen) atoms. The van der Waals surface area contributed by atoms with Crippen molar-refractivity contribution >= 4 is 11.4 Å². The lowest BCUT2D eigenvalue weighted by Gasteiger charge is -2.18. The maximum Gasteiger partial charge on any atom is 0.115 e. The van der Waals surface area contributed by atoms with Gasteiger partial charge in [0.2, 0.25) is 0 Å². The standard InChI is InChI=1S/C17H17NO/c1-12-5-10-16-13(11-12)3-2-4-17(16)18-14-6-8-15(19)9-7-14/h5-11,19H,2-4H2,1H3. The minimum atomic E-state index is 0.281. The van der Waals surface area contributed by atoms with Crippen molar-refractivity contribution in [3.8, 4) is 5.75 Å². The molecule has 96 valence electrons. The first-order chi connectivity index (χ1) is 9.22. The molecule has 0 bridgehead atoms. The van der Waals surface area contributed by atoms with Crippen LogP contribution in [0, 0.1) is 6.92 Å². The first-order valence-corrected chi connectivity index (χ1v) is 6.69. The third-order valence-corrected chi connectivity index (χ3v) is 3.55. The van der Waals surface area contributed by atoms with Gasteiger partial charge in [-0.05, 0) is 61.6 Å². The van der Waals surface area contributed by atoms with E-state index in [1.165, 1.54) is 16.7 Å². The number of rotatable bonds is 1. The van der Waals surface area contributed by atoms with Gasteiger partial charge in [0.15, 0.2) is 0 Å². The van der Waals surface area contributed by atoms with Gasteiger partial charge in [0.25, 0.3) is 0 Å². The smallest absolute Gasteiger partial charge is 0.115 e. The van der Waals surface area contributed by atoms with Crippen molar-refractivity contribution in [2.75, 3.05) is 0 Å². The van der Waals surface area contributed by atoms with Crippen LogP contribution in [0.3, 0.4) is 0 Å². The molecular formula is C17H17NO. The molecule has 2 aromatic carbocycles. The Hall–Kier alpha value is -2.09. The zero-order chi connectivity index (χ0) is 13.2. The van der Waals surface area contributed by atoms with E-state index in [9.17, 15) is 5.11 Å². The monoisotopic (exact) mass is 251 g/mol. The van der Waals surface area contributed by atoms with Crippen LogP contribution in [-0.2, 0) is 6.42 Å². The van der Waals surface area contributed by atoms with Crippen molar-refractivity contribution in [3.05, 3.63) is 59.2 Å². The highest BCUT2D eigenvalue weighted by Crippen LogP contribution is 2.26. The van der Waals surface area contributed by atoms with Crippen LogP contribution in [0.1, 0.15) is 29.5 Å². The lowest BCUT2D eigenvalue weighted by atomic mass is 9.89. The molecule has 0 heterocycles. The van der Waals surface area contributed by atoms with Gasteiger partial charge in [-0.15, -0.1) is 0 Å². The van der Waals surface area contributed by atoms with Gasteiger partial charge in [0, 0.05) is 5.71 Å². The Kier molecular flexibility index (Phi) is 3.08. The molecule has 2 heteroatoms. The van der Waals surface area contributed by atoms with E-state index in [1.54, 1.807) is 12.1 Å². The number of fused-ring (bicyclic) bond motifs is 1. The highest BCUT2D eigenvalue weighted by atomic mass is 16.3. The molecule has 0 spiro atoms. The Morgan fingerprint density at radius 1 is 1.00 bits per heavy atom. The summed E-state index contributed by atoms with van der Waals surface area (Å²) < 4.78 is 0. The molecule has 1 N–H and O–H groups in total. The van der Waals surface area contributed by atoms with E-state index in [0.29, 0.717) is 0 Å². The van der Waals surface area contributed by atoms with E-state index in [2.05, 4.69) is 25.1 Å². The van der Waals surface area contributed by atoms with Gasteiger partial charge < -0.3 is 5.11 Å². The Labute approximate surface area is 113 Å². The summed E-state index contributed by atoms with van der Waals surface area (Å²) in [5, 5.41) is 9.30. The topological polar surface area (TPSA) is 32.6 Å². The number of hydrogen-bond acceptors (Lipinski definition) is 2. The highest BCUT2D eigenvalue weighted by molar-refractivity contribution is 6.04. The Balaban J connectivity index is 2.01. The second-order valence-corrected chi connectivity index (χ2v) is 5.09. The average Bonchev–Trinajstić information content (AvgIpc) is 2.41. The molecular weight excluding hydrogens is 234 g/mol. The number of benzene rings is 2. The van der Waals surface area contributed by atoms with E-state index in [4.69, 9.17) is 4.99 Å². The molecule has 0 amide bonds. The second kappa shape index (κ2) is 4.88. The lowest BCUT2D eigenvalue weighted by molar-refractivity contribution is 0.475. The molecule has 1 aliphatic rings. The second-order valence-electron chi connectivity index (χ2n) is 5.09. The number of phenolic OH excluding ortho intramolecular Hbond substituents is 1. The maximum atomic E-state index is 9.30. The fourth-order valence-electron chi connectivity index (χ4n) is 2.59. The summed E-state index contributed by atoms with van der Waals surface area (Å²) in [6.45, 7) is 2.13. The summed E-state index contributed by atoms with van der Waals surface area (Å²) in [6, 6.07) is 13.7. The zero-order valence-corrected chi connectivity index (χ0v) is 11.1. The fourth-order valence-corrected chi connectivity index (χ4v) is 2.59. The summed E-state index contributed by atoms with van der Waals surface area (Å²) in [5.41, 5.74) is 6.06. The van der Waals surface area contributed by atoms with Gasteiger partial charge in [-0.1, -0.05) is 23.8 Å². The van der Waals surface area contributed by atoms with E-state index < -0.39 is 0 Å². The van der Waals surface area contributed by atoms with Gasteiger partial charge in [-0.3, -0.25) is 4.99 Å². The van der Waals surface area contributed by atoms with E-state index in [1.807, 2.05) is 12.1 Å². The number of aryl methyl sites for hydroxylation is 2. The van der Waals surface area contributed by atoms with Gasteiger partial charge in [0.05, 0.1) is 5.69 Å². The first kappa shape index (κ1) is 12.0. The SMILES string of the molecule is Cc1ccc2c(c1)CCCC2=Nc1ccc(O)cc1. The van der Waals surface area contributed by atoms with E-state index in [-0.39, 0.29) is 5.75 Å². The summed E-state index contributed by atoms with van der Waals surface area (Å²) in [5.74, 6) is 0.281. The van der Waals surface area contributed by atoms with Crippen LogP contribution in [-0.4, -0.2) is 10.8 Å². The van der Waals surface area contributed by atoms with Gasteiger partial charge in [-0.25, -0.2) is 0 Å². The third-order valence-electron chi connectivity index (χ3n) is 3.55. The minimum Gasteiger partial charge on any atom is -0.508 e. The fraction of sp³-hybridized carbons (Fsp3) is 0.235. The molecule has 0 saturated carbocycles. The quantitative estimate of drug-likeness (QED) is 0.811. The van der Waals surface area contributed by atoms with Gasteiger partial charge >= 0.3 is 0 Å². The number of nitrogens with zero attached hydrogens (tertiary/aromatic N) is 1. The molecule has 0 atom stereocenters. The molecule has 0 saturated heterocycles. The third kappa shape index (κ3) is 2.53. The molecule has 1 aliphatic carbocycles. The minimum absolute atomic E-state index is 0.281. The average molecular weight is 251 g/mol. The van der Waals surface area contributed by atoms with E-state index in [0.717, 1.165) is 30.7 Å². The molecule has 0 aromatic heterocycles. The Morgan fingerprint density at radius 2 is 1.79 bits per heavy atom. The van der Waals surface area contributed by atoms with Crippen LogP contribution in [0.2, 0.25) is 0 Å². The van der Waals surface area contributed by atoms with Crippen molar-refractivity contribution < 1.29 is 5.11 Å². The van der Waals surface area contributed by atoms with Gasteiger partial charge in [0.1, 0.15) is 5.75 Å². The maximum absolute atomic E-state index is 9.30. The van der Waals surface area contributed by atoms with Crippen molar-refractivity contribution in [2.45, 2.75) is 26.2 Å². The van der Waals surface area contributed by atoms with Crippen LogP contribution < -0.4 is 0 Å². The van der Waals surface area contributed by atoms with Crippen molar-refractivity contribution in [2.24, 2.45) is 4.99 Å². The lowest BCUT2D eigenvalue weighted by Crippen LogP contribution is -2.11. The predicted octanol–water partition coefficient (Wildman–Crippen LogP) is 4.16. The molecule has 3 rings (SSSR count). The molecule has 0 fully saturated rings. The Morgan fingerprint density at radius 3 is 2.58 bits per heavy atom. The molecule has 0 radical (unpaired) electrons. The van der Waals surface area contributed by atoms with Crippen molar-refractivity contribution in [3.63, 3.8) is 0 Å². The van der Waals surface area contributed by atoms with Crippen LogP contribution in [0.15, 0.2) is 47.5 Å². The van der Waals surface area contributed by atoms with E-state index >= 15 is 0 Å². The van der Waals surface area contributed by atoms with Crippen LogP contribution in [0.25, 0.3) is 0 Å². The van der Waals surface area contributed by atoms with Crippen LogP contribution in [0.5, 0.6) is 5.75 Å². The van der Waals surface area contributed by atoms with Crippen LogP contribution in [0.4, 0.5) is 5.69 Å². The summed E-state index contributed by atoms with van der Waals surface area (Å²) in [7, 11) is 0. The number of aromatic hydroxyl groups is 1. The predicted molar refractivity (Wildman–Crippen MR) is 78.4 cm³/mol. The molecule has 0 unspecified atom stereocenters. The summed E-state index contributed by atoms with van der Waals surface area (Å²) in [4.78, 5) is 4.74. The highest BCUT2D eigenvalue weighted by Gasteiger charge is 2.15. The van der Waals surface area contributed by atoms with Crippen LogP contribution >= 0.6 is 0 Å². The normalized spacial score (nSPS) is 16.4. The number of aliphatic imine (C=N–C) groups is 1. The first-order valence-electron chi connectivity index (χ1n) is 6.69. The molecule has 2 nitrogen and oxygen atoms in total. The largest absolute Gasteiger partial charge is 0.508 e. The molecule has 2 aromatic rings. The number of hydrogen-bond donors (Lipinski definition) is 1. The number of phenols is 1. The molecule has 0 aliphatic heterocycles. The summed E-state index contributed by atoms with van der Waals surface area (Å²) in [6.07, 6.45) is 3.33.